The quantitative estimate of drug-likeness (QED) is 0.385. The standard InChI is InChI=1S/C29H38N4O3/c1-8-32(19(3)4)23-14-10-21(11-15-23)30-25-18-26(28(35)29(36-7)27(25)34)31-22-12-16-24(17-13-22)33(9-2)20(5)6/h10-20,30,35H,8-9H2,1-7H3/b31-26-. The Kier molecular flexibility index (Phi) is 8.80. The minimum absolute atomic E-state index is 0.138. The lowest BCUT2D eigenvalue weighted by Crippen LogP contribution is -2.30. The number of Topliss-reactive ketones (excluding diaryl/α,β-unsaturated/α-hetero) is 1. The van der Waals surface area contributed by atoms with Crippen molar-refractivity contribution in [1.29, 1.82) is 0 Å². The Hall–Kier alpha value is -3.74. The van der Waals surface area contributed by atoms with Crippen molar-refractivity contribution in [1.82, 2.24) is 0 Å². The van der Waals surface area contributed by atoms with Crippen LogP contribution >= 0.6 is 0 Å². The van der Waals surface area contributed by atoms with Crippen molar-refractivity contribution in [3.8, 4) is 0 Å². The highest BCUT2D eigenvalue weighted by atomic mass is 16.5. The summed E-state index contributed by atoms with van der Waals surface area (Å²) in [5.41, 5.74) is 4.17. The zero-order chi connectivity index (χ0) is 26.4. The number of benzene rings is 2. The van der Waals surface area contributed by atoms with Gasteiger partial charge in [0.2, 0.25) is 11.5 Å². The molecule has 2 N–H and O–H groups in total. The number of ketones is 1. The van der Waals surface area contributed by atoms with E-state index in [0.717, 1.165) is 30.2 Å². The van der Waals surface area contributed by atoms with E-state index < -0.39 is 5.78 Å². The molecule has 0 unspecified atom stereocenters. The molecule has 3 rings (SSSR count). The number of carbonyl (C=O) groups is 1. The molecule has 1 aliphatic carbocycles. The summed E-state index contributed by atoms with van der Waals surface area (Å²) in [6.45, 7) is 14.7. The lowest BCUT2D eigenvalue weighted by molar-refractivity contribution is -0.115. The number of rotatable bonds is 10. The summed E-state index contributed by atoms with van der Waals surface area (Å²) in [5, 5.41) is 13.9. The van der Waals surface area contributed by atoms with Gasteiger partial charge in [-0.05, 0) is 96.1 Å². The number of allylic oxidation sites excluding steroid dienone is 1. The van der Waals surface area contributed by atoms with Crippen LogP contribution in [0.2, 0.25) is 0 Å². The van der Waals surface area contributed by atoms with E-state index in [1.165, 1.54) is 7.11 Å². The Balaban J connectivity index is 1.89. The van der Waals surface area contributed by atoms with Crippen LogP contribution in [0, 0.1) is 0 Å². The van der Waals surface area contributed by atoms with E-state index in [1.54, 1.807) is 6.08 Å². The molecule has 0 heterocycles. The van der Waals surface area contributed by atoms with E-state index in [2.05, 4.69) is 61.7 Å². The third kappa shape index (κ3) is 5.90. The van der Waals surface area contributed by atoms with Gasteiger partial charge in [0.1, 0.15) is 5.71 Å². The van der Waals surface area contributed by atoms with Gasteiger partial charge in [-0.1, -0.05) is 0 Å². The monoisotopic (exact) mass is 490 g/mol. The van der Waals surface area contributed by atoms with Crippen LogP contribution in [-0.2, 0) is 9.53 Å². The molecule has 2 aromatic carbocycles. The first-order valence-electron chi connectivity index (χ1n) is 12.5. The minimum Gasteiger partial charge on any atom is -0.503 e. The SMILES string of the molecule is CCN(c1ccc(/N=C2/C=C(Nc3ccc(N(CC)C(C)C)cc3)C(=O)C(OC)=C2O)cc1)C(C)C. The molecule has 36 heavy (non-hydrogen) atoms. The predicted molar refractivity (Wildman–Crippen MR) is 150 cm³/mol. The van der Waals surface area contributed by atoms with Crippen LogP contribution < -0.4 is 15.1 Å². The average Bonchev–Trinajstić information content (AvgIpc) is 2.85. The second-order valence-corrected chi connectivity index (χ2v) is 9.21. The maximum Gasteiger partial charge on any atom is 0.247 e. The molecule has 0 fully saturated rings. The molecular weight excluding hydrogens is 452 g/mol. The van der Waals surface area contributed by atoms with Gasteiger partial charge in [-0.3, -0.25) is 4.79 Å². The van der Waals surface area contributed by atoms with Crippen LogP contribution in [0.15, 0.2) is 76.8 Å². The summed E-state index contributed by atoms with van der Waals surface area (Å²) in [4.78, 5) is 22.1. The highest BCUT2D eigenvalue weighted by Gasteiger charge is 2.29. The Labute approximate surface area is 214 Å². The largest absolute Gasteiger partial charge is 0.503 e. The number of aliphatic hydroxyl groups is 1. The van der Waals surface area contributed by atoms with Gasteiger partial charge in [0, 0.05) is 42.2 Å². The van der Waals surface area contributed by atoms with E-state index in [0.29, 0.717) is 17.8 Å². The molecule has 0 saturated carbocycles. The van der Waals surface area contributed by atoms with E-state index in [1.807, 2.05) is 48.5 Å². The molecule has 0 aromatic heterocycles. The first kappa shape index (κ1) is 26.9. The van der Waals surface area contributed by atoms with Crippen molar-refractivity contribution in [3.05, 3.63) is 71.8 Å². The second-order valence-electron chi connectivity index (χ2n) is 9.21. The number of hydrogen-bond acceptors (Lipinski definition) is 7. The smallest absolute Gasteiger partial charge is 0.247 e. The summed E-state index contributed by atoms with van der Waals surface area (Å²) in [6, 6.07) is 16.5. The van der Waals surface area contributed by atoms with Gasteiger partial charge < -0.3 is 25.0 Å². The molecule has 0 aliphatic heterocycles. The molecular formula is C29H38N4O3. The molecule has 0 radical (unpaired) electrons. The lowest BCUT2D eigenvalue weighted by atomic mass is 10.0. The van der Waals surface area contributed by atoms with Gasteiger partial charge >= 0.3 is 0 Å². The minimum atomic E-state index is -0.429. The fourth-order valence-corrected chi connectivity index (χ4v) is 4.43. The average molecular weight is 491 g/mol. The molecule has 2 aromatic rings. The van der Waals surface area contributed by atoms with Crippen molar-refractivity contribution in [2.75, 3.05) is 35.3 Å². The van der Waals surface area contributed by atoms with Crippen molar-refractivity contribution in [3.63, 3.8) is 0 Å². The highest BCUT2D eigenvalue weighted by molar-refractivity contribution is 6.24. The van der Waals surface area contributed by atoms with Gasteiger partial charge in [-0.25, -0.2) is 4.99 Å². The van der Waals surface area contributed by atoms with Crippen molar-refractivity contribution in [2.45, 2.75) is 53.6 Å². The number of nitrogens with one attached hydrogen (secondary N) is 1. The lowest BCUT2D eigenvalue weighted by Gasteiger charge is -2.27. The van der Waals surface area contributed by atoms with E-state index >= 15 is 0 Å². The summed E-state index contributed by atoms with van der Waals surface area (Å²) >= 11 is 0. The first-order chi connectivity index (χ1) is 17.2. The predicted octanol–water partition coefficient (Wildman–Crippen LogP) is 6.22. The van der Waals surface area contributed by atoms with Crippen LogP contribution in [0.1, 0.15) is 41.5 Å². The zero-order valence-electron chi connectivity index (χ0n) is 22.4. The van der Waals surface area contributed by atoms with Gasteiger partial charge in [0.25, 0.3) is 0 Å². The normalized spacial score (nSPS) is 15.0. The van der Waals surface area contributed by atoms with Gasteiger partial charge in [0.15, 0.2) is 5.76 Å². The Bertz CT molecular complexity index is 1150. The van der Waals surface area contributed by atoms with Crippen molar-refractivity contribution in [2.24, 2.45) is 4.99 Å². The number of aliphatic imine (C=N–C) groups is 1. The van der Waals surface area contributed by atoms with Gasteiger partial charge in [0.05, 0.1) is 18.5 Å². The van der Waals surface area contributed by atoms with E-state index in [-0.39, 0.29) is 22.9 Å². The second kappa shape index (κ2) is 11.8. The Morgan fingerprint density at radius 2 is 1.39 bits per heavy atom. The highest BCUT2D eigenvalue weighted by Crippen LogP contribution is 2.27. The third-order valence-electron chi connectivity index (χ3n) is 6.23. The summed E-state index contributed by atoms with van der Waals surface area (Å²) < 4.78 is 5.24. The van der Waals surface area contributed by atoms with Crippen LogP contribution in [-0.4, -0.2) is 48.9 Å². The number of aliphatic hydroxyl groups excluding tert-OH is 1. The molecule has 0 atom stereocenters. The van der Waals surface area contributed by atoms with Crippen LogP contribution in [0.25, 0.3) is 0 Å². The number of nitrogens with zero attached hydrogens (tertiary/aromatic N) is 3. The first-order valence-corrected chi connectivity index (χ1v) is 12.5. The van der Waals surface area contributed by atoms with Crippen LogP contribution in [0.4, 0.5) is 22.7 Å². The van der Waals surface area contributed by atoms with E-state index in [4.69, 9.17) is 4.74 Å². The summed E-state index contributed by atoms with van der Waals surface area (Å²) in [7, 11) is 1.37. The van der Waals surface area contributed by atoms with Crippen molar-refractivity contribution >= 4 is 34.2 Å². The van der Waals surface area contributed by atoms with Crippen LogP contribution in [0.5, 0.6) is 0 Å². The fourth-order valence-electron chi connectivity index (χ4n) is 4.43. The number of anilines is 3. The Morgan fingerprint density at radius 1 is 0.889 bits per heavy atom. The maximum atomic E-state index is 13.0. The van der Waals surface area contributed by atoms with Crippen LogP contribution in [0.3, 0.4) is 0 Å². The summed E-state index contributed by atoms with van der Waals surface area (Å²) in [5.74, 6) is -0.845. The molecule has 1 aliphatic rings. The fraction of sp³-hybridized carbons (Fsp3) is 0.379. The topological polar surface area (TPSA) is 77.4 Å². The molecule has 192 valence electrons. The van der Waals surface area contributed by atoms with Gasteiger partial charge in [-0.2, -0.15) is 0 Å². The summed E-state index contributed by atoms with van der Waals surface area (Å²) in [6.07, 6.45) is 1.56. The molecule has 7 heteroatoms. The molecule has 0 spiro atoms. The number of carbonyl (C=O) groups excluding carboxylic acids is 1. The maximum absolute atomic E-state index is 13.0. The molecule has 0 amide bonds. The molecule has 7 nitrogen and oxygen atoms in total. The molecule has 0 bridgehead atoms. The number of hydrogen-bond donors (Lipinski definition) is 2. The number of methoxy groups -OCH3 is 1. The van der Waals surface area contributed by atoms with E-state index in [9.17, 15) is 9.90 Å². The van der Waals surface area contributed by atoms with Gasteiger partial charge in [-0.15, -0.1) is 0 Å². The molecule has 0 saturated heterocycles. The van der Waals surface area contributed by atoms with Crippen molar-refractivity contribution < 1.29 is 14.6 Å². The Morgan fingerprint density at radius 3 is 1.83 bits per heavy atom. The number of ether oxygens (including phenoxy) is 1. The zero-order valence-corrected chi connectivity index (χ0v) is 22.4. The third-order valence-corrected chi connectivity index (χ3v) is 6.23.